The van der Waals surface area contributed by atoms with E-state index >= 15 is 0 Å². The molecule has 6 nitrogen and oxygen atoms in total. The molecule has 3 rings (SSSR count). The molecule has 8 heteroatoms. The highest BCUT2D eigenvalue weighted by Gasteiger charge is 2.24. The molecule has 0 saturated heterocycles. The Morgan fingerprint density at radius 1 is 1.24 bits per heavy atom. The zero-order valence-electron chi connectivity index (χ0n) is 18.8. The molecule has 0 radical (unpaired) electrons. The van der Waals surface area contributed by atoms with Crippen LogP contribution in [0.15, 0.2) is 41.3 Å². The van der Waals surface area contributed by atoms with Crippen LogP contribution in [0.1, 0.15) is 54.7 Å². The molecule has 0 unspecified atom stereocenters. The molecule has 0 bridgehead atoms. The maximum atomic E-state index is 14.6. The number of carboxylic acids is 1. The number of aromatic nitrogens is 1. The number of ether oxygens (including phenoxy) is 1. The Bertz CT molecular complexity index is 1240. The van der Waals surface area contributed by atoms with Crippen LogP contribution in [0.5, 0.6) is 5.75 Å². The van der Waals surface area contributed by atoms with Gasteiger partial charge in [0.1, 0.15) is 17.1 Å². The molecule has 1 heterocycles. The second-order valence-corrected chi connectivity index (χ2v) is 8.43. The molecule has 2 atom stereocenters. The highest BCUT2D eigenvalue weighted by molar-refractivity contribution is 6.30. The number of hydrogen-bond donors (Lipinski definition) is 2. The molecule has 0 saturated carbocycles. The van der Waals surface area contributed by atoms with Gasteiger partial charge in [0.25, 0.3) is 0 Å². The molecule has 0 amide bonds. The summed E-state index contributed by atoms with van der Waals surface area (Å²) in [7, 11) is 0. The molecule has 3 aromatic rings. The van der Waals surface area contributed by atoms with Crippen molar-refractivity contribution in [2.75, 3.05) is 13.2 Å². The lowest BCUT2D eigenvalue weighted by Crippen LogP contribution is -2.26. The van der Waals surface area contributed by atoms with Gasteiger partial charge in [-0.05, 0) is 36.1 Å². The Labute approximate surface area is 196 Å². The van der Waals surface area contributed by atoms with Crippen molar-refractivity contribution in [1.29, 1.82) is 0 Å². The molecule has 0 aliphatic heterocycles. The molecule has 1 aromatic heterocycles. The Morgan fingerprint density at radius 3 is 2.58 bits per heavy atom. The number of fused-ring (bicyclic) bond motifs is 1. The molecule has 0 spiro atoms. The monoisotopic (exact) mass is 475 g/mol. The summed E-state index contributed by atoms with van der Waals surface area (Å²) in [5.41, 5.74) is 0.257. The van der Waals surface area contributed by atoms with Gasteiger partial charge in [-0.15, -0.1) is 0 Å². The minimum atomic E-state index is -1.35. The van der Waals surface area contributed by atoms with Crippen molar-refractivity contribution in [1.82, 2.24) is 4.57 Å². The maximum Gasteiger partial charge on any atom is 0.341 e. The van der Waals surface area contributed by atoms with Gasteiger partial charge in [0.05, 0.1) is 29.8 Å². The molecule has 0 aliphatic carbocycles. The molecule has 2 aromatic carbocycles. The van der Waals surface area contributed by atoms with E-state index in [-0.39, 0.29) is 29.4 Å². The van der Waals surface area contributed by atoms with Crippen molar-refractivity contribution < 1.29 is 24.1 Å². The van der Waals surface area contributed by atoms with Crippen molar-refractivity contribution >= 4 is 28.5 Å². The summed E-state index contributed by atoms with van der Waals surface area (Å²) in [5.74, 6) is -1.46. The van der Waals surface area contributed by atoms with Crippen LogP contribution in [-0.4, -0.2) is 34.0 Å². The van der Waals surface area contributed by atoms with Crippen LogP contribution in [0, 0.1) is 11.7 Å². The Kier molecular flexibility index (Phi) is 7.76. The predicted octanol–water partition coefficient (Wildman–Crippen LogP) is 5.06. The largest absolute Gasteiger partial charge is 0.494 e. The first-order valence-corrected chi connectivity index (χ1v) is 11.2. The van der Waals surface area contributed by atoms with Crippen LogP contribution in [0.4, 0.5) is 4.39 Å². The number of aliphatic hydroxyl groups excluding tert-OH is 1. The van der Waals surface area contributed by atoms with Crippen LogP contribution in [-0.2, 0) is 6.42 Å². The average Bonchev–Trinajstić information content (AvgIpc) is 2.79. The summed E-state index contributed by atoms with van der Waals surface area (Å²) < 4.78 is 22.0. The predicted molar refractivity (Wildman–Crippen MR) is 126 cm³/mol. The van der Waals surface area contributed by atoms with E-state index in [4.69, 9.17) is 16.3 Å². The van der Waals surface area contributed by atoms with Gasteiger partial charge in [0, 0.05) is 24.1 Å². The molecule has 0 aliphatic rings. The van der Waals surface area contributed by atoms with E-state index in [0.29, 0.717) is 29.0 Å². The van der Waals surface area contributed by atoms with E-state index in [0.717, 1.165) is 6.42 Å². The van der Waals surface area contributed by atoms with Crippen LogP contribution in [0.2, 0.25) is 5.02 Å². The van der Waals surface area contributed by atoms with Gasteiger partial charge in [0.2, 0.25) is 5.43 Å². The Balaban J connectivity index is 2.33. The van der Waals surface area contributed by atoms with Gasteiger partial charge in [-0.1, -0.05) is 44.0 Å². The van der Waals surface area contributed by atoms with E-state index in [2.05, 4.69) is 0 Å². The molecule has 176 valence electrons. The first-order valence-electron chi connectivity index (χ1n) is 10.8. The van der Waals surface area contributed by atoms with E-state index in [1.165, 1.54) is 12.3 Å². The topological polar surface area (TPSA) is 88.8 Å². The van der Waals surface area contributed by atoms with Gasteiger partial charge in [-0.3, -0.25) is 4.79 Å². The van der Waals surface area contributed by atoms with E-state index in [9.17, 15) is 24.2 Å². The van der Waals surface area contributed by atoms with E-state index < -0.39 is 28.8 Å². The molecular formula is C25H27ClFNO5. The van der Waals surface area contributed by atoms with Gasteiger partial charge < -0.3 is 19.5 Å². The van der Waals surface area contributed by atoms with Crippen LogP contribution >= 0.6 is 11.6 Å². The van der Waals surface area contributed by atoms with Crippen LogP contribution < -0.4 is 10.2 Å². The van der Waals surface area contributed by atoms with Crippen molar-refractivity contribution in [2.24, 2.45) is 5.92 Å². The van der Waals surface area contributed by atoms with Crippen molar-refractivity contribution in [2.45, 2.75) is 39.7 Å². The minimum absolute atomic E-state index is 0.0122. The normalized spacial score (nSPS) is 13.2. The second-order valence-electron chi connectivity index (χ2n) is 8.02. The third-order valence-electron chi connectivity index (χ3n) is 6.00. The molecule has 33 heavy (non-hydrogen) atoms. The summed E-state index contributed by atoms with van der Waals surface area (Å²) in [6, 6.07) is 7.45. The summed E-state index contributed by atoms with van der Waals surface area (Å²) in [4.78, 5) is 24.9. The molecule has 0 fully saturated rings. The first-order chi connectivity index (χ1) is 15.7. The number of aromatic carboxylic acids is 1. The summed E-state index contributed by atoms with van der Waals surface area (Å²) in [5, 5.41) is 19.9. The third kappa shape index (κ3) is 4.89. The number of carboxylic acid groups (broad SMARTS) is 1. The number of hydrogen-bond acceptors (Lipinski definition) is 4. The number of pyridine rings is 1. The van der Waals surface area contributed by atoms with E-state index in [1.807, 2.05) is 20.8 Å². The fraction of sp³-hybridized carbons (Fsp3) is 0.360. The lowest BCUT2D eigenvalue weighted by atomic mass is 9.96. The Hall–Kier alpha value is -2.90. The fourth-order valence-electron chi connectivity index (χ4n) is 3.98. The zero-order valence-corrected chi connectivity index (χ0v) is 19.5. The van der Waals surface area contributed by atoms with Crippen molar-refractivity contribution in [3.63, 3.8) is 0 Å². The number of benzene rings is 2. The van der Waals surface area contributed by atoms with Crippen LogP contribution in [0.3, 0.4) is 0 Å². The third-order valence-corrected chi connectivity index (χ3v) is 6.29. The van der Waals surface area contributed by atoms with Crippen LogP contribution in [0.25, 0.3) is 10.9 Å². The second kappa shape index (κ2) is 10.4. The summed E-state index contributed by atoms with van der Waals surface area (Å²) in [6.45, 7) is 5.84. The van der Waals surface area contributed by atoms with Gasteiger partial charge in [-0.25, -0.2) is 9.18 Å². The van der Waals surface area contributed by atoms with Crippen molar-refractivity contribution in [3.05, 3.63) is 74.3 Å². The summed E-state index contributed by atoms with van der Waals surface area (Å²) >= 11 is 5.92. The summed E-state index contributed by atoms with van der Waals surface area (Å²) in [6.07, 6.45) is 2.13. The number of nitrogens with zero attached hydrogens (tertiary/aromatic N) is 1. The number of aliphatic hydroxyl groups is 1. The lowest BCUT2D eigenvalue weighted by Gasteiger charge is -2.27. The highest BCUT2D eigenvalue weighted by Crippen LogP contribution is 2.32. The number of carbonyl (C=O) groups is 1. The quantitative estimate of drug-likeness (QED) is 0.451. The minimum Gasteiger partial charge on any atom is -0.494 e. The lowest BCUT2D eigenvalue weighted by molar-refractivity contribution is 0.0694. The molecular weight excluding hydrogens is 449 g/mol. The fourth-order valence-corrected chi connectivity index (χ4v) is 4.17. The van der Waals surface area contributed by atoms with E-state index in [1.54, 1.807) is 28.8 Å². The van der Waals surface area contributed by atoms with Crippen molar-refractivity contribution in [3.8, 4) is 5.75 Å². The van der Waals surface area contributed by atoms with Gasteiger partial charge in [-0.2, -0.15) is 0 Å². The van der Waals surface area contributed by atoms with Gasteiger partial charge in [0.15, 0.2) is 0 Å². The van der Waals surface area contributed by atoms with Gasteiger partial charge >= 0.3 is 5.97 Å². The zero-order chi connectivity index (χ0) is 24.3. The number of halogens is 2. The standard InChI is InChI=1S/C25H27ClFNO5/c1-4-14(3)21(13-29)28-12-18(25(31)32)24(30)17-10-16(22(33-5-2)11-20(17)28)9-15-7-6-8-19(26)23(15)27/h6-8,10-12,14,21,29H,4-5,9,13H2,1-3H3,(H,31,32)/t14-,21+/m0/s1. The molecule has 2 N–H and O–H groups in total. The first kappa shape index (κ1) is 24.7. The smallest absolute Gasteiger partial charge is 0.341 e. The number of rotatable bonds is 9. The highest BCUT2D eigenvalue weighted by atomic mass is 35.5. The average molecular weight is 476 g/mol. The Morgan fingerprint density at radius 2 is 1.97 bits per heavy atom. The maximum absolute atomic E-state index is 14.6. The SMILES string of the molecule is CCOc1cc2c(cc1Cc1cccc(Cl)c1F)c(=O)c(C(=O)O)cn2[C@H](CO)[C@@H](C)CC.